The summed E-state index contributed by atoms with van der Waals surface area (Å²) >= 11 is 0. The second-order valence-electron chi connectivity index (χ2n) is 8.54. The number of nitrogens with two attached hydrogens (primary N) is 1. The maximum Gasteiger partial charge on any atom is 0.459 e. The molecule has 3 rings (SSSR count). The number of carboxylic acid groups (broad SMARTS) is 1. The number of alkyl halides is 2. The van der Waals surface area contributed by atoms with Crippen LogP contribution in [0.5, 0.6) is 5.75 Å². The van der Waals surface area contributed by atoms with Crippen LogP contribution in [0.1, 0.15) is 26.5 Å². The van der Waals surface area contributed by atoms with Gasteiger partial charge in [0.05, 0.1) is 6.61 Å². The molecule has 1 saturated heterocycles. The average molecular weight is 532 g/mol. The van der Waals surface area contributed by atoms with E-state index < -0.39 is 56.4 Å². The van der Waals surface area contributed by atoms with Gasteiger partial charge in [-0.15, -0.1) is 0 Å². The number of aliphatic carboxylic acids is 1. The number of nitrogen functional groups attached to an aromatic ring is 1. The molecule has 12 nitrogen and oxygen atoms in total. The fourth-order valence-electron chi connectivity index (χ4n) is 3.46. The Kier molecular flexibility index (Phi) is 8.47. The van der Waals surface area contributed by atoms with Crippen molar-refractivity contribution in [1.82, 2.24) is 14.6 Å². The number of ether oxygens (including phenoxy) is 1. The van der Waals surface area contributed by atoms with Crippen LogP contribution in [-0.4, -0.2) is 56.5 Å². The number of benzene rings is 1. The van der Waals surface area contributed by atoms with Crippen molar-refractivity contribution >= 4 is 19.5 Å². The van der Waals surface area contributed by atoms with Gasteiger partial charge in [0.1, 0.15) is 23.7 Å². The number of rotatable bonds is 11. The zero-order valence-electron chi connectivity index (χ0n) is 19.4. The second-order valence-corrected chi connectivity index (χ2v) is 10.2. The van der Waals surface area contributed by atoms with Gasteiger partial charge in [-0.2, -0.15) is 18.9 Å². The molecule has 1 aliphatic rings. The van der Waals surface area contributed by atoms with Crippen molar-refractivity contribution < 1.29 is 42.1 Å². The van der Waals surface area contributed by atoms with E-state index >= 15 is 0 Å². The van der Waals surface area contributed by atoms with Crippen LogP contribution in [0.25, 0.3) is 0 Å². The van der Waals surface area contributed by atoms with Gasteiger partial charge in [-0.25, -0.2) is 9.36 Å². The number of aliphatic hydroxyl groups excluding tert-OH is 1. The number of hydrogen-bond donors (Lipinski definition) is 4. The number of aliphatic hydroxyl groups is 1. The predicted molar refractivity (Wildman–Crippen MR) is 122 cm³/mol. The third kappa shape index (κ3) is 6.45. The summed E-state index contributed by atoms with van der Waals surface area (Å²) in [5, 5.41) is 22.1. The summed E-state index contributed by atoms with van der Waals surface area (Å²) in [5.41, 5.74) is 4.25. The molecule has 5 atom stereocenters. The Labute approximate surface area is 204 Å². The SMILES string of the molecule is CC(C)C[C@H](NP(=O)(OC[C@H]1O[C@@H](n2ccc(N)nc2=O)C(F)(F)[C@@H]1O)Oc1ccccc1)C(=O)O. The molecule has 1 aromatic heterocycles. The van der Waals surface area contributed by atoms with Gasteiger partial charge in [0.2, 0.25) is 6.23 Å². The number of nitrogens with one attached hydrogen (secondary N) is 1. The summed E-state index contributed by atoms with van der Waals surface area (Å²) < 4.78 is 59.5. The number of halogens is 2. The first kappa shape index (κ1) is 27.7. The Balaban J connectivity index is 1.83. The zero-order valence-corrected chi connectivity index (χ0v) is 20.3. The van der Waals surface area contributed by atoms with Gasteiger partial charge in [-0.1, -0.05) is 32.0 Å². The number of nitrogens with zero attached hydrogens (tertiary/aromatic N) is 2. The van der Waals surface area contributed by atoms with Gasteiger partial charge >= 0.3 is 25.3 Å². The van der Waals surface area contributed by atoms with E-state index in [4.69, 9.17) is 19.5 Å². The lowest BCUT2D eigenvalue weighted by Crippen LogP contribution is -2.42. The van der Waals surface area contributed by atoms with Crippen LogP contribution in [0, 0.1) is 5.92 Å². The van der Waals surface area contributed by atoms with Crippen molar-refractivity contribution in [3.8, 4) is 5.75 Å². The Bertz CT molecular complexity index is 1170. The standard InChI is InChI=1S/C21H27F2N4O8P/c1-12(2)10-14(18(29)30)26-36(32,35-13-6-4-3-5-7-13)33-11-15-17(28)21(22,23)19(34-15)27-9-8-16(24)25-20(27)31/h3-9,12,14-15,17,19,28H,10-11H2,1-2H3,(H,26,32)(H,29,30)(H2,24,25,31)/t14-,15+,17+,19+,36?/m0/s1. The molecule has 1 fully saturated rings. The van der Waals surface area contributed by atoms with Crippen molar-refractivity contribution in [1.29, 1.82) is 0 Å². The van der Waals surface area contributed by atoms with E-state index in [1.165, 1.54) is 12.1 Å². The van der Waals surface area contributed by atoms with E-state index in [9.17, 15) is 33.1 Å². The van der Waals surface area contributed by atoms with E-state index in [1.54, 1.807) is 32.0 Å². The molecular weight excluding hydrogens is 505 g/mol. The van der Waals surface area contributed by atoms with Gasteiger partial charge in [0.15, 0.2) is 6.10 Å². The Morgan fingerprint density at radius 2 is 2.00 bits per heavy atom. The largest absolute Gasteiger partial charge is 0.480 e. The number of carbonyl (C=O) groups is 1. The normalized spacial score (nSPS) is 23.8. The van der Waals surface area contributed by atoms with Crippen LogP contribution < -0.4 is 21.0 Å². The highest BCUT2D eigenvalue weighted by Crippen LogP contribution is 2.48. The quantitative estimate of drug-likeness (QED) is 0.312. The van der Waals surface area contributed by atoms with Crippen molar-refractivity contribution in [2.24, 2.45) is 5.92 Å². The molecule has 2 heterocycles. The first-order valence-electron chi connectivity index (χ1n) is 10.9. The van der Waals surface area contributed by atoms with Crippen molar-refractivity contribution in [3.63, 3.8) is 0 Å². The summed E-state index contributed by atoms with van der Waals surface area (Å²) in [6.07, 6.45) is -5.50. The summed E-state index contributed by atoms with van der Waals surface area (Å²) in [6, 6.07) is 7.39. The Morgan fingerprint density at radius 1 is 1.33 bits per heavy atom. The van der Waals surface area contributed by atoms with Crippen LogP contribution in [0.3, 0.4) is 0 Å². The van der Waals surface area contributed by atoms with E-state index in [2.05, 4.69) is 10.1 Å². The van der Waals surface area contributed by atoms with Gasteiger partial charge in [0.25, 0.3) is 0 Å². The molecule has 0 spiro atoms. The van der Waals surface area contributed by atoms with Crippen LogP contribution in [0.4, 0.5) is 14.6 Å². The smallest absolute Gasteiger partial charge is 0.459 e. The molecular formula is C21H27F2N4O8P. The van der Waals surface area contributed by atoms with E-state index in [1.807, 2.05) is 0 Å². The number of aromatic nitrogens is 2. The molecule has 0 amide bonds. The minimum absolute atomic E-state index is 0.0522. The zero-order chi connectivity index (χ0) is 26.7. The molecule has 2 aromatic rings. The maximum atomic E-state index is 14.8. The van der Waals surface area contributed by atoms with E-state index in [-0.39, 0.29) is 23.9 Å². The molecule has 15 heteroatoms. The lowest BCUT2D eigenvalue weighted by atomic mass is 10.1. The summed E-state index contributed by atoms with van der Waals surface area (Å²) in [4.78, 5) is 27.1. The molecule has 1 aromatic carbocycles. The van der Waals surface area contributed by atoms with Gasteiger partial charge in [-0.05, 0) is 30.5 Å². The molecule has 36 heavy (non-hydrogen) atoms. The third-order valence-corrected chi connectivity index (χ3v) is 6.75. The first-order valence-corrected chi connectivity index (χ1v) is 12.4. The molecule has 0 bridgehead atoms. The molecule has 1 unspecified atom stereocenters. The minimum atomic E-state index is -4.50. The maximum absolute atomic E-state index is 14.8. The summed E-state index contributed by atoms with van der Waals surface area (Å²) in [6.45, 7) is 2.61. The molecule has 1 aliphatic heterocycles. The van der Waals surface area contributed by atoms with Gasteiger partial charge in [0, 0.05) is 6.20 Å². The van der Waals surface area contributed by atoms with E-state index in [0.717, 1.165) is 12.3 Å². The number of hydrogen-bond acceptors (Lipinski definition) is 9. The van der Waals surface area contributed by atoms with Crippen molar-refractivity contribution in [2.45, 2.75) is 50.7 Å². The van der Waals surface area contributed by atoms with Crippen LogP contribution in [0.2, 0.25) is 0 Å². The third-order valence-electron chi connectivity index (χ3n) is 5.18. The lowest BCUT2D eigenvalue weighted by molar-refractivity contribution is -0.141. The lowest BCUT2D eigenvalue weighted by Gasteiger charge is -2.25. The van der Waals surface area contributed by atoms with Crippen molar-refractivity contribution in [2.75, 3.05) is 12.3 Å². The molecule has 0 saturated carbocycles. The topological polar surface area (TPSA) is 175 Å². The monoisotopic (exact) mass is 532 g/mol. The molecule has 5 N–H and O–H groups in total. The Hall–Kier alpha value is -2.90. The van der Waals surface area contributed by atoms with Crippen LogP contribution >= 0.6 is 7.75 Å². The predicted octanol–water partition coefficient (Wildman–Crippen LogP) is 2.01. The fraction of sp³-hybridized carbons (Fsp3) is 0.476. The highest BCUT2D eigenvalue weighted by molar-refractivity contribution is 7.52. The fourth-order valence-corrected chi connectivity index (χ4v) is 4.98. The number of carboxylic acids is 1. The molecule has 198 valence electrons. The highest BCUT2D eigenvalue weighted by Gasteiger charge is 2.60. The van der Waals surface area contributed by atoms with Gasteiger partial charge < -0.3 is 25.2 Å². The van der Waals surface area contributed by atoms with Crippen LogP contribution in [0.15, 0.2) is 47.4 Å². The molecule has 0 radical (unpaired) electrons. The Morgan fingerprint density at radius 3 is 2.58 bits per heavy atom. The van der Waals surface area contributed by atoms with Crippen LogP contribution in [-0.2, 0) is 18.6 Å². The highest BCUT2D eigenvalue weighted by atomic mass is 31.2. The number of anilines is 1. The van der Waals surface area contributed by atoms with E-state index in [0.29, 0.717) is 4.57 Å². The summed E-state index contributed by atoms with van der Waals surface area (Å²) in [5.74, 6) is -5.55. The average Bonchev–Trinajstić information content (AvgIpc) is 3.01. The first-order chi connectivity index (χ1) is 16.8. The molecule has 0 aliphatic carbocycles. The number of para-hydroxylation sites is 1. The van der Waals surface area contributed by atoms with Crippen molar-refractivity contribution in [3.05, 3.63) is 53.1 Å². The second kappa shape index (κ2) is 11.0. The van der Waals surface area contributed by atoms with Gasteiger partial charge in [-0.3, -0.25) is 13.9 Å². The summed E-state index contributed by atoms with van der Waals surface area (Å²) in [7, 11) is -4.50. The minimum Gasteiger partial charge on any atom is -0.480 e.